The first-order valence-electron chi connectivity index (χ1n) is 8.35. The highest BCUT2D eigenvalue weighted by Crippen LogP contribution is 2.28. The molecule has 0 fully saturated rings. The molecule has 25 heavy (non-hydrogen) atoms. The smallest absolute Gasteiger partial charge is 0.303 e. The Hall–Kier alpha value is -2.69. The van der Waals surface area contributed by atoms with Gasteiger partial charge in [0.15, 0.2) is 11.5 Å². The highest BCUT2D eigenvalue weighted by Gasteiger charge is 2.07. The molecular formula is C20H24O5. The minimum absolute atomic E-state index is 0.0913. The Balaban J connectivity index is 1.83. The quantitative estimate of drug-likeness (QED) is 0.665. The van der Waals surface area contributed by atoms with E-state index in [9.17, 15) is 4.79 Å². The third-order valence-corrected chi connectivity index (χ3v) is 3.80. The second-order valence-corrected chi connectivity index (χ2v) is 5.57. The molecule has 5 nitrogen and oxygen atoms in total. The third kappa shape index (κ3) is 6.03. The molecule has 134 valence electrons. The van der Waals surface area contributed by atoms with Crippen LogP contribution in [0.5, 0.6) is 17.2 Å². The summed E-state index contributed by atoms with van der Waals surface area (Å²) in [7, 11) is 1.56. The Labute approximate surface area is 148 Å². The SMILES string of the molecule is CCc1ccc(OCCOc2ccc(CCC(=O)O)cc2OC)cc1. The van der Waals surface area contributed by atoms with Crippen LogP contribution in [-0.2, 0) is 17.6 Å². The van der Waals surface area contributed by atoms with Gasteiger partial charge in [0, 0.05) is 6.42 Å². The number of aryl methyl sites for hydroxylation is 2. The van der Waals surface area contributed by atoms with E-state index in [1.165, 1.54) is 5.56 Å². The topological polar surface area (TPSA) is 65.0 Å². The van der Waals surface area contributed by atoms with Crippen molar-refractivity contribution in [1.82, 2.24) is 0 Å². The fraction of sp³-hybridized carbons (Fsp3) is 0.350. The van der Waals surface area contributed by atoms with E-state index in [2.05, 4.69) is 19.1 Å². The zero-order chi connectivity index (χ0) is 18.1. The summed E-state index contributed by atoms with van der Waals surface area (Å²) in [6, 6.07) is 13.5. The van der Waals surface area contributed by atoms with Gasteiger partial charge in [0.1, 0.15) is 19.0 Å². The Morgan fingerprint density at radius 3 is 2.28 bits per heavy atom. The normalized spacial score (nSPS) is 10.3. The number of carboxylic acids is 1. The molecule has 2 aromatic carbocycles. The number of benzene rings is 2. The van der Waals surface area contributed by atoms with Crippen molar-refractivity contribution < 1.29 is 24.1 Å². The lowest BCUT2D eigenvalue weighted by molar-refractivity contribution is -0.136. The molecule has 2 aromatic rings. The van der Waals surface area contributed by atoms with Crippen LogP contribution in [0.3, 0.4) is 0 Å². The number of hydrogen-bond acceptors (Lipinski definition) is 4. The summed E-state index contributed by atoms with van der Waals surface area (Å²) in [6.45, 7) is 2.93. The summed E-state index contributed by atoms with van der Waals surface area (Å²) in [4.78, 5) is 10.7. The average Bonchev–Trinajstić information content (AvgIpc) is 2.64. The van der Waals surface area contributed by atoms with Crippen molar-refractivity contribution in [2.24, 2.45) is 0 Å². The lowest BCUT2D eigenvalue weighted by Crippen LogP contribution is -2.09. The van der Waals surface area contributed by atoms with Crippen LogP contribution in [0.2, 0.25) is 0 Å². The number of carbonyl (C=O) groups is 1. The summed E-state index contributed by atoms with van der Waals surface area (Å²) in [5.41, 5.74) is 2.18. The number of carboxylic acid groups (broad SMARTS) is 1. The molecule has 0 saturated carbocycles. The fourth-order valence-electron chi connectivity index (χ4n) is 2.37. The van der Waals surface area contributed by atoms with Gasteiger partial charge in [-0.25, -0.2) is 0 Å². The average molecular weight is 344 g/mol. The van der Waals surface area contributed by atoms with Gasteiger partial charge in [-0.05, 0) is 48.2 Å². The number of ether oxygens (including phenoxy) is 3. The molecule has 0 aliphatic heterocycles. The van der Waals surface area contributed by atoms with Gasteiger partial charge in [0.05, 0.1) is 7.11 Å². The molecule has 0 heterocycles. The molecule has 0 atom stereocenters. The standard InChI is InChI=1S/C20H24O5/c1-3-15-4-8-17(9-5-15)24-12-13-25-18-10-6-16(7-11-20(21)22)14-19(18)23-2/h4-6,8-10,14H,3,7,11-13H2,1-2H3,(H,21,22). The Morgan fingerprint density at radius 2 is 1.64 bits per heavy atom. The lowest BCUT2D eigenvalue weighted by atomic mass is 10.1. The number of rotatable bonds is 10. The first kappa shape index (κ1) is 18.6. The minimum atomic E-state index is -0.816. The molecule has 0 aliphatic carbocycles. The van der Waals surface area contributed by atoms with E-state index in [-0.39, 0.29) is 6.42 Å². The lowest BCUT2D eigenvalue weighted by Gasteiger charge is -2.13. The summed E-state index contributed by atoms with van der Waals surface area (Å²) >= 11 is 0. The largest absolute Gasteiger partial charge is 0.493 e. The van der Waals surface area contributed by atoms with E-state index in [0.717, 1.165) is 17.7 Å². The first-order chi connectivity index (χ1) is 12.1. The van der Waals surface area contributed by atoms with E-state index in [1.807, 2.05) is 24.3 Å². The predicted octanol–water partition coefficient (Wildman–Crippen LogP) is 3.73. The van der Waals surface area contributed by atoms with Crippen LogP contribution in [0.1, 0.15) is 24.5 Å². The molecule has 5 heteroatoms. The molecule has 0 amide bonds. The Morgan fingerprint density at radius 1 is 0.960 bits per heavy atom. The molecule has 0 radical (unpaired) electrons. The van der Waals surface area contributed by atoms with Crippen molar-refractivity contribution in [2.45, 2.75) is 26.2 Å². The monoisotopic (exact) mass is 344 g/mol. The van der Waals surface area contributed by atoms with Gasteiger partial charge in [-0.1, -0.05) is 25.1 Å². The van der Waals surface area contributed by atoms with Crippen molar-refractivity contribution >= 4 is 5.97 Å². The van der Waals surface area contributed by atoms with Crippen LogP contribution in [-0.4, -0.2) is 31.4 Å². The highest BCUT2D eigenvalue weighted by molar-refractivity contribution is 5.67. The van der Waals surface area contributed by atoms with Gasteiger partial charge in [-0.15, -0.1) is 0 Å². The van der Waals surface area contributed by atoms with Gasteiger partial charge >= 0.3 is 5.97 Å². The maximum Gasteiger partial charge on any atom is 0.303 e. The summed E-state index contributed by atoms with van der Waals surface area (Å²) in [6.07, 6.45) is 1.56. The number of aliphatic carboxylic acids is 1. The fourth-order valence-corrected chi connectivity index (χ4v) is 2.37. The van der Waals surface area contributed by atoms with E-state index in [0.29, 0.717) is 31.1 Å². The molecular weight excluding hydrogens is 320 g/mol. The van der Waals surface area contributed by atoms with Crippen LogP contribution >= 0.6 is 0 Å². The summed E-state index contributed by atoms with van der Waals surface area (Å²) < 4.78 is 16.7. The summed E-state index contributed by atoms with van der Waals surface area (Å²) in [5, 5.41) is 8.75. The molecule has 1 N–H and O–H groups in total. The van der Waals surface area contributed by atoms with E-state index in [1.54, 1.807) is 13.2 Å². The van der Waals surface area contributed by atoms with Crippen molar-refractivity contribution in [1.29, 1.82) is 0 Å². The highest BCUT2D eigenvalue weighted by atomic mass is 16.5. The Bertz CT molecular complexity index is 679. The number of methoxy groups -OCH3 is 1. The van der Waals surface area contributed by atoms with E-state index in [4.69, 9.17) is 19.3 Å². The van der Waals surface area contributed by atoms with Crippen molar-refractivity contribution in [3.8, 4) is 17.2 Å². The van der Waals surface area contributed by atoms with Crippen molar-refractivity contribution in [3.63, 3.8) is 0 Å². The molecule has 0 aromatic heterocycles. The van der Waals surface area contributed by atoms with E-state index < -0.39 is 5.97 Å². The van der Waals surface area contributed by atoms with Gasteiger partial charge in [-0.3, -0.25) is 4.79 Å². The van der Waals surface area contributed by atoms with Gasteiger partial charge in [0.25, 0.3) is 0 Å². The van der Waals surface area contributed by atoms with Crippen LogP contribution in [0.4, 0.5) is 0 Å². The second kappa shape index (κ2) is 9.57. The predicted molar refractivity (Wildman–Crippen MR) is 95.8 cm³/mol. The van der Waals surface area contributed by atoms with Gasteiger partial charge in [0.2, 0.25) is 0 Å². The molecule has 0 spiro atoms. The third-order valence-electron chi connectivity index (χ3n) is 3.80. The molecule has 0 saturated heterocycles. The molecule has 2 rings (SSSR count). The van der Waals surface area contributed by atoms with Crippen molar-refractivity contribution in [3.05, 3.63) is 53.6 Å². The van der Waals surface area contributed by atoms with Gasteiger partial charge in [-0.2, -0.15) is 0 Å². The second-order valence-electron chi connectivity index (χ2n) is 5.57. The van der Waals surface area contributed by atoms with Crippen molar-refractivity contribution in [2.75, 3.05) is 20.3 Å². The molecule has 0 aliphatic rings. The van der Waals surface area contributed by atoms with Crippen LogP contribution < -0.4 is 14.2 Å². The number of hydrogen-bond donors (Lipinski definition) is 1. The molecule has 0 unspecified atom stereocenters. The maximum atomic E-state index is 10.7. The van der Waals surface area contributed by atoms with Crippen LogP contribution in [0, 0.1) is 0 Å². The zero-order valence-corrected chi connectivity index (χ0v) is 14.7. The zero-order valence-electron chi connectivity index (χ0n) is 14.7. The Kier molecular flexibility index (Phi) is 7.14. The maximum absolute atomic E-state index is 10.7. The first-order valence-corrected chi connectivity index (χ1v) is 8.35. The van der Waals surface area contributed by atoms with Crippen LogP contribution in [0.15, 0.2) is 42.5 Å². The van der Waals surface area contributed by atoms with Gasteiger partial charge < -0.3 is 19.3 Å². The minimum Gasteiger partial charge on any atom is -0.493 e. The van der Waals surface area contributed by atoms with E-state index >= 15 is 0 Å². The molecule has 0 bridgehead atoms. The summed E-state index contributed by atoms with van der Waals surface area (Å²) in [5.74, 6) is 1.21. The van der Waals surface area contributed by atoms with Crippen LogP contribution in [0.25, 0.3) is 0 Å².